The summed E-state index contributed by atoms with van der Waals surface area (Å²) in [5.41, 5.74) is 2.34. The van der Waals surface area contributed by atoms with Gasteiger partial charge in [-0.3, -0.25) is 0 Å². The van der Waals surface area contributed by atoms with E-state index in [-0.39, 0.29) is 0 Å². The molecule has 0 unspecified atom stereocenters. The topological polar surface area (TPSA) is 55.6 Å². The molecular weight excluding hydrogens is 270 g/mol. The average Bonchev–Trinajstić information content (AvgIpc) is 3.07. The summed E-state index contributed by atoms with van der Waals surface area (Å²) in [5.74, 6) is 0.760. The van der Waals surface area contributed by atoms with Crippen molar-refractivity contribution in [1.29, 1.82) is 0 Å². The highest BCUT2D eigenvalue weighted by Crippen LogP contribution is 2.21. The van der Waals surface area contributed by atoms with Crippen LogP contribution in [-0.4, -0.2) is 19.7 Å². The maximum Gasteiger partial charge on any atom is 0.155 e. The molecule has 0 aromatic carbocycles. The number of pyridine rings is 1. The lowest BCUT2D eigenvalue weighted by molar-refractivity contribution is 0.845. The van der Waals surface area contributed by atoms with Gasteiger partial charge in [0.05, 0.1) is 11.9 Å². The number of rotatable bonds is 4. The second-order valence-corrected chi connectivity index (χ2v) is 6.00. The molecule has 102 valence electrons. The van der Waals surface area contributed by atoms with Crippen LogP contribution in [0.15, 0.2) is 37.1 Å². The summed E-state index contributed by atoms with van der Waals surface area (Å²) in [6.45, 7) is 5.11. The van der Waals surface area contributed by atoms with E-state index in [2.05, 4.69) is 40.3 Å². The van der Waals surface area contributed by atoms with Gasteiger partial charge in [-0.2, -0.15) is 5.10 Å². The zero-order valence-corrected chi connectivity index (χ0v) is 12.2. The van der Waals surface area contributed by atoms with Gasteiger partial charge in [0.2, 0.25) is 0 Å². The first kappa shape index (κ1) is 12.8. The number of aromatic nitrogens is 4. The lowest BCUT2D eigenvalue weighted by atomic mass is 10.2. The average molecular weight is 285 g/mol. The third-order valence-electron chi connectivity index (χ3n) is 3.03. The molecule has 0 amide bonds. The lowest BCUT2D eigenvalue weighted by Crippen LogP contribution is -2.02. The Morgan fingerprint density at radius 1 is 1.30 bits per heavy atom. The number of hydrogen-bond acceptors (Lipinski definition) is 5. The minimum atomic E-state index is 0.760. The molecule has 0 fully saturated rings. The molecule has 6 heteroatoms. The van der Waals surface area contributed by atoms with Gasteiger partial charge in [0, 0.05) is 16.3 Å². The fourth-order valence-corrected chi connectivity index (χ4v) is 2.96. The summed E-state index contributed by atoms with van der Waals surface area (Å²) in [6.07, 6.45) is 4.94. The van der Waals surface area contributed by atoms with E-state index in [9.17, 15) is 0 Å². The first-order valence-corrected chi connectivity index (χ1v) is 7.15. The molecule has 0 saturated carbocycles. The molecule has 0 bridgehead atoms. The minimum Gasteiger partial charge on any atom is -0.380 e. The van der Waals surface area contributed by atoms with Crippen LogP contribution in [0.1, 0.15) is 15.3 Å². The van der Waals surface area contributed by atoms with Crippen LogP contribution in [0.2, 0.25) is 0 Å². The van der Waals surface area contributed by atoms with Gasteiger partial charge < -0.3 is 5.32 Å². The third-order valence-corrected chi connectivity index (χ3v) is 4.04. The number of nitrogens with one attached hydrogen (secondary N) is 1. The lowest BCUT2D eigenvalue weighted by Gasteiger charge is -2.06. The zero-order chi connectivity index (χ0) is 13.9. The molecule has 0 saturated heterocycles. The minimum absolute atomic E-state index is 0.760. The molecule has 3 aromatic heterocycles. The molecule has 3 heterocycles. The van der Waals surface area contributed by atoms with Crippen LogP contribution in [0, 0.1) is 13.8 Å². The van der Waals surface area contributed by atoms with E-state index in [1.54, 1.807) is 11.0 Å². The molecule has 3 aromatic rings. The van der Waals surface area contributed by atoms with Crippen molar-refractivity contribution >= 4 is 17.0 Å². The van der Waals surface area contributed by atoms with Gasteiger partial charge in [0.25, 0.3) is 0 Å². The number of aryl methyl sites for hydroxylation is 2. The number of nitrogens with zero attached hydrogens (tertiary/aromatic N) is 4. The maximum absolute atomic E-state index is 4.36. The van der Waals surface area contributed by atoms with Gasteiger partial charge in [-0.15, -0.1) is 11.3 Å². The largest absolute Gasteiger partial charge is 0.380 e. The quantitative estimate of drug-likeness (QED) is 0.800. The second kappa shape index (κ2) is 5.42. The van der Waals surface area contributed by atoms with E-state index in [1.807, 2.05) is 29.7 Å². The Hall–Kier alpha value is -2.21. The van der Waals surface area contributed by atoms with E-state index in [4.69, 9.17) is 0 Å². The highest BCUT2D eigenvalue weighted by atomic mass is 32.1. The SMILES string of the molecule is Cc1cc(CNc2ccc(-n3cncn3)nc2)c(C)s1. The van der Waals surface area contributed by atoms with Crippen LogP contribution < -0.4 is 5.32 Å². The molecule has 20 heavy (non-hydrogen) atoms. The van der Waals surface area contributed by atoms with Crippen molar-refractivity contribution < 1.29 is 0 Å². The predicted octanol–water partition coefficient (Wildman–Crippen LogP) is 2.95. The number of anilines is 1. The van der Waals surface area contributed by atoms with Gasteiger partial charge in [0.15, 0.2) is 5.82 Å². The van der Waals surface area contributed by atoms with Crippen LogP contribution in [-0.2, 0) is 6.54 Å². The Morgan fingerprint density at radius 2 is 2.20 bits per heavy atom. The summed E-state index contributed by atoms with van der Waals surface area (Å²) in [4.78, 5) is 11.0. The Balaban J connectivity index is 1.68. The van der Waals surface area contributed by atoms with Gasteiger partial charge in [-0.25, -0.2) is 14.6 Å². The van der Waals surface area contributed by atoms with Gasteiger partial charge in [-0.05, 0) is 37.6 Å². The molecule has 0 aliphatic rings. The Kier molecular flexibility index (Phi) is 3.47. The smallest absolute Gasteiger partial charge is 0.155 e. The van der Waals surface area contributed by atoms with E-state index in [0.29, 0.717) is 0 Å². The zero-order valence-electron chi connectivity index (χ0n) is 11.4. The van der Waals surface area contributed by atoms with Crippen molar-refractivity contribution in [2.45, 2.75) is 20.4 Å². The van der Waals surface area contributed by atoms with E-state index < -0.39 is 0 Å². The normalized spacial score (nSPS) is 10.7. The van der Waals surface area contributed by atoms with Crippen molar-refractivity contribution in [2.75, 3.05) is 5.32 Å². The highest BCUT2D eigenvalue weighted by Gasteiger charge is 2.03. The van der Waals surface area contributed by atoms with Gasteiger partial charge >= 0.3 is 0 Å². The van der Waals surface area contributed by atoms with Crippen molar-refractivity contribution in [2.24, 2.45) is 0 Å². The second-order valence-electron chi connectivity index (χ2n) is 4.54. The molecule has 3 rings (SSSR count). The van der Waals surface area contributed by atoms with Gasteiger partial charge in [-0.1, -0.05) is 0 Å². The molecule has 0 aliphatic carbocycles. The molecule has 0 spiro atoms. The van der Waals surface area contributed by atoms with Crippen LogP contribution >= 0.6 is 11.3 Å². The molecule has 5 nitrogen and oxygen atoms in total. The number of hydrogen-bond donors (Lipinski definition) is 1. The van der Waals surface area contributed by atoms with Crippen LogP contribution in [0.4, 0.5) is 5.69 Å². The first-order valence-electron chi connectivity index (χ1n) is 6.33. The first-order chi connectivity index (χ1) is 9.72. The maximum atomic E-state index is 4.36. The monoisotopic (exact) mass is 285 g/mol. The summed E-state index contributed by atoms with van der Waals surface area (Å²) in [5, 5.41) is 7.43. The van der Waals surface area contributed by atoms with Crippen LogP contribution in [0.5, 0.6) is 0 Å². The standard InChI is InChI=1S/C14H15N5S/c1-10-5-12(11(2)20-10)6-16-13-3-4-14(17-7-13)19-9-15-8-18-19/h3-5,7-9,16H,6H2,1-2H3. The summed E-state index contributed by atoms with van der Waals surface area (Å²) < 4.78 is 1.64. The van der Waals surface area contributed by atoms with Crippen LogP contribution in [0.3, 0.4) is 0 Å². The fourth-order valence-electron chi connectivity index (χ4n) is 2.01. The Labute approximate surface area is 121 Å². The third kappa shape index (κ3) is 2.70. The molecule has 0 radical (unpaired) electrons. The Morgan fingerprint density at radius 3 is 2.80 bits per heavy atom. The Bertz CT molecular complexity index is 685. The summed E-state index contributed by atoms with van der Waals surface area (Å²) >= 11 is 1.83. The molecule has 1 N–H and O–H groups in total. The molecule has 0 atom stereocenters. The van der Waals surface area contributed by atoms with E-state index >= 15 is 0 Å². The van der Waals surface area contributed by atoms with Crippen molar-refractivity contribution in [3.63, 3.8) is 0 Å². The highest BCUT2D eigenvalue weighted by molar-refractivity contribution is 7.12. The fraction of sp³-hybridized carbons (Fsp3) is 0.214. The predicted molar refractivity (Wildman–Crippen MR) is 80.3 cm³/mol. The van der Waals surface area contributed by atoms with Crippen molar-refractivity contribution in [3.05, 3.63) is 52.4 Å². The summed E-state index contributed by atoms with van der Waals surface area (Å²) in [7, 11) is 0. The van der Waals surface area contributed by atoms with Crippen LogP contribution in [0.25, 0.3) is 5.82 Å². The van der Waals surface area contributed by atoms with Gasteiger partial charge in [0.1, 0.15) is 12.7 Å². The molecular formula is C14H15N5S. The number of thiophene rings is 1. The van der Waals surface area contributed by atoms with E-state index in [1.165, 1.54) is 21.6 Å². The van der Waals surface area contributed by atoms with Crippen molar-refractivity contribution in [1.82, 2.24) is 19.7 Å². The van der Waals surface area contributed by atoms with E-state index in [0.717, 1.165) is 18.1 Å². The summed E-state index contributed by atoms with van der Waals surface area (Å²) in [6, 6.07) is 6.14. The van der Waals surface area contributed by atoms with Crippen molar-refractivity contribution in [3.8, 4) is 5.82 Å². The molecule has 0 aliphatic heterocycles.